The van der Waals surface area contributed by atoms with E-state index in [4.69, 9.17) is 9.47 Å². The second-order valence-electron chi connectivity index (χ2n) is 7.54. The Morgan fingerprint density at radius 1 is 1.18 bits per heavy atom. The SMILES string of the molecule is COc1ccc(CNC(=O)C2CCCCC2C(=O)O)cc1OCCCN(C)C. The first-order valence-corrected chi connectivity index (χ1v) is 9.87. The van der Waals surface area contributed by atoms with Gasteiger partial charge in [-0.3, -0.25) is 9.59 Å². The van der Waals surface area contributed by atoms with Crippen molar-refractivity contribution in [2.45, 2.75) is 38.6 Å². The van der Waals surface area contributed by atoms with Gasteiger partial charge in [0.15, 0.2) is 11.5 Å². The molecular formula is C21H32N2O5. The van der Waals surface area contributed by atoms with Gasteiger partial charge in [-0.05, 0) is 51.1 Å². The summed E-state index contributed by atoms with van der Waals surface area (Å²) in [4.78, 5) is 26.0. The summed E-state index contributed by atoms with van der Waals surface area (Å²) in [7, 11) is 5.63. The Morgan fingerprint density at radius 3 is 2.54 bits per heavy atom. The van der Waals surface area contributed by atoms with E-state index in [0.717, 1.165) is 31.4 Å². The van der Waals surface area contributed by atoms with Crippen LogP contribution in [0.3, 0.4) is 0 Å². The third-order valence-corrected chi connectivity index (χ3v) is 5.12. The van der Waals surface area contributed by atoms with Crippen LogP contribution in [-0.4, -0.2) is 56.2 Å². The topological polar surface area (TPSA) is 88.1 Å². The molecule has 1 aliphatic rings. The van der Waals surface area contributed by atoms with Gasteiger partial charge in [-0.25, -0.2) is 0 Å². The molecule has 0 radical (unpaired) electrons. The van der Waals surface area contributed by atoms with E-state index in [1.165, 1.54) is 0 Å². The third-order valence-electron chi connectivity index (χ3n) is 5.12. The lowest BCUT2D eigenvalue weighted by Gasteiger charge is -2.27. The van der Waals surface area contributed by atoms with Crippen molar-refractivity contribution in [3.05, 3.63) is 23.8 Å². The molecule has 1 aliphatic carbocycles. The van der Waals surface area contributed by atoms with E-state index in [0.29, 0.717) is 37.5 Å². The Bertz CT molecular complexity index is 662. The van der Waals surface area contributed by atoms with Crippen molar-refractivity contribution in [2.75, 3.05) is 34.4 Å². The van der Waals surface area contributed by atoms with E-state index in [-0.39, 0.29) is 5.91 Å². The number of nitrogens with zero attached hydrogens (tertiary/aromatic N) is 1. The van der Waals surface area contributed by atoms with Crippen molar-refractivity contribution in [1.29, 1.82) is 0 Å². The maximum atomic E-state index is 12.5. The fourth-order valence-corrected chi connectivity index (χ4v) is 3.57. The minimum absolute atomic E-state index is 0.184. The minimum atomic E-state index is -0.877. The van der Waals surface area contributed by atoms with Gasteiger partial charge in [0.05, 0.1) is 25.6 Å². The van der Waals surface area contributed by atoms with Crippen LogP contribution in [0, 0.1) is 11.8 Å². The standard InChI is InChI=1S/C21H32N2O5/c1-23(2)11-6-12-28-19-13-15(9-10-18(19)27-3)14-22-20(24)16-7-4-5-8-17(16)21(25)26/h9-10,13,16-17H,4-8,11-12,14H2,1-3H3,(H,22,24)(H,25,26). The highest BCUT2D eigenvalue weighted by molar-refractivity contribution is 5.84. The van der Waals surface area contributed by atoms with Crippen molar-refractivity contribution in [2.24, 2.45) is 11.8 Å². The number of benzene rings is 1. The number of methoxy groups -OCH3 is 1. The molecule has 2 N–H and O–H groups in total. The zero-order valence-electron chi connectivity index (χ0n) is 17.1. The van der Waals surface area contributed by atoms with Gasteiger partial charge in [0.25, 0.3) is 0 Å². The molecule has 2 atom stereocenters. The summed E-state index contributed by atoms with van der Waals surface area (Å²) < 4.78 is 11.2. The van der Waals surface area contributed by atoms with Gasteiger partial charge in [-0.1, -0.05) is 18.9 Å². The van der Waals surface area contributed by atoms with Gasteiger partial charge < -0.3 is 24.8 Å². The zero-order chi connectivity index (χ0) is 20.5. The van der Waals surface area contributed by atoms with Crippen LogP contribution in [-0.2, 0) is 16.1 Å². The molecule has 0 saturated heterocycles. The molecule has 0 aliphatic heterocycles. The van der Waals surface area contributed by atoms with Crippen LogP contribution in [0.1, 0.15) is 37.7 Å². The summed E-state index contributed by atoms with van der Waals surface area (Å²) in [6, 6.07) is 5.56. The Balaban J connectivity index is 1.94. The highest BCUT2D eigenvalue weighted by Crippen LogP contribution is 2.31. The van der Waals surface area contributed by atoms with Gasteiger partial charge in [0.1, 0.15) is 0 Å². The number of ether oxygens (including phenoxy) is 2. The molecule has 2 unspecified atom stereocenters. The predicted octanol–water partition coefficient (Wildman–Crippen LogP) is 2.53. The van der Waals surface area contributed by atoms with Crippen molar-refractivity contribution < 1.29 is 24.2 Å². The molecule has 2 rings (SSSR count). The van der Waals surface area contributed by atoms with E-state index in [2.05, 4.69) is 10.2 Å². The molecule has 7 nitrogen and oxygen atoms in total. The Labute approximate surface area is 167 Å². The van der Waals surface area contributed by atoms with Crippen LogP contribution in [0.5, 0.6) is 11.5 Å². The maximum Gasteiger partial charge on any atom is 0.307 e. The summed E-state index contributed by atoms with van der Waals surface area (Å²) in [6.07, 6.45) is 3.87. The molecule has 28 heavy (non-hydrogen) atoms. The molecule has 0 heterocycles. The number of hydrogen-bond acceptors (Lipinski definition) is 5. The molecule has 1 aromatic rings. The number of hydrogen-bond donors (Lipinski definition) is 2. The molecule has 1 aromatic carbocycles. The monoisotopic (exact) mass is 392 g/mol. The molecule has 7 heteroatoms. The van der Waals surface area contributed by atoms with E-state index >= 15 is 0 Å². The van der Waals surface area contributed by atoms with Crippen LogP contribution >= 0.6 is 0 Å². The average molecular weight is 392 g/mol. The average Bonchev–Trinajstić information content (AvgIpc) is 2.69. The molecule has 156 valence electrons. The second-order valence-corrected chi connectivity index (χ2v) is 7.54. The molecular weight excluding hydrogens is 360 g/mol. The number of rotatable bonds is 10. The van der Waals surface area contributed by atoms with E-state index < -0.39 is 17.8 Å². The lowest BCUT2D eigenvalue weighted by atomic mass is 9.78. The molecule has 1 saturated carbocycles. The first kappa shape index (κ1) is 22.0. The van der Waals surface area contributed by atoms with Crippen LogP contribution < -0.4 is 14.8 Å². The van der Waals surface area contributed by atoms with Crippen molar-refractivity contribution in [3.8, 4) is 11.5 Å². The summed E-state index contributed by atoms with van der Waals surface area (Å²) >= 11 is 0. The highest BCUT2D eigenvalue weighted by Gasteiger charge is 2.35. The first-order chi connectivity index (χ1) is 13.4. The van der Waals surface area contributed by atoms with E-state index in [1.54, 1.807) is 7.11 Å². The maximum absolute atomic E-state index is 12.5. The van der Waals surface area contributed by atoms with Crippen LogP contribution in [0.4, 0.5) is 0 Å². The van der Waals surface area contributed by atoms with Gasteiger partial charge >= 0.3 is 5.97 Å². The normalized spacial score (nSPS) is 19.3. The van der Waals surface area contributed by atoms with Crippen LogP contribution in [0.15, 0.2) is 18.2 Å². The van der Waals surface area contributed by atoms with Crippen molar-refractivity contribution in [3.63, 3.8) is 0 Å². The Morgan fingerprint density at radius 2 is 1.89 bits per heavy atom. The summed E-state index contributed by atoms with van der Waals surface area (Å²) in [5.74, 6) is -0.798. The minimum Gasteiger partial charge on any atom is -0.493 e. The van der Waals surface area contributed by atoms with Gasteiger partial charge in [-0.2, -0.15) is 0 Å². The molecule has 0 spiro atoms. The Hall–Kier alpha value is -2.28. The van der Waals surface area contributed by atoms with Gasteiger partial charge in [0.2, 0.25) is 5.91 Å². The summed E-state index contributed by atoms with van der Waals surface area (Å²) in [6.45, 7) is 1.84. The van der Waals surface area contributed by atoms with Gasteiger partial charge in [0, 0.05) is 13.1 Å². The van der Waals surface area contributed by atoms with Gasteiger partial charge in [-0.15, -0.1) is 0 Å². The number of aliphatic carboxylic acids is 1. The summed E-state index contributed by atoms with van der Waals surface area (Å²) in [5, 5.41) is 12.3. The zero-order valence-corrected chi connectivity index (χ0v) is 17.1. The van der Waals surface area contributed by atoms with Crippen molar-refractivity contribution >= 4 is 11.9 Å². The fraction of sp³-hybridized carbons (Fsp3) is 0.619. The second kappa shape index (κ2) is 10.9. The molecule has 0 aromatic heterocycles. The van der Waals surface area contributed by atoms with E-state index in [9.17, 15) is 14.7 Å². The molecule has 0 bridgehead atoms. The largest absolute Gasteiger partial charge is 0.493 e. The highest BCUT2D eigenvalue weighted by atomic mass is 16.5. The smallest absolute Gasteiger partial charge is 0.307 e. The molecule has 1 amide bonds. The summed E-state index contributed by atoms with van der Waals surface area (Å²) in [5.41, 5.74) is 0.888. The number of carbonyl (C=O) groups excluding carboxylic acids is 1. The number of nitrogens with one attached hydrogen (secondary N) is 1. The fourth-order valence-electron chi connectivity index (χ4n) is 3.57. The number of carboxylic acid groups (broad SMARTS) is 1. The van der Waals surface area contributed by atoms with Crippen LogP contribution in [0.2, 0.25) is 0 Å². The van der Waals surface area contributed by atoms with Crippen molar-refractivity contribution in [1.82, 2.24) is 10.2 Å². The lowest BCUT2D eigenvalue weighted by Crippen LogP contribution is -2.39. The first-order valence-electron chi connectivity index (χ1n) is 9.87. The molecule has 1 fully saturated rings. The lowest BCUT2D eigenvalue weighted by molar-refractivity contribution is -0.148. The predicted molar refractivity (Wildman–Crippen MR) is 107 cm³/mol. The number of amides is 1. The number of carbonyl (C=O) groups is 2. The number of carboxylic acids is 1. The van der Waals surface area contributed by atoms with E-state index in [1.807, 2.05) is 32.3 Å². The Kier molecular flexibility index (Phi) is 8.57. The quantitative estimate of drug-likeness (QED) is 0.595. The van der Waals surface area contributed by atoms with Crippen LogP contribution in [0.25, 0.3) is 0 Å². The third kappa shape index (κ3) is 6.41.